The van der Waals surface area contributed by atoms with Crippen molar-refractivity contribution in [3.8, 4) is 0 Å². The molecule has 0 atom stereocenters. The van der Waals surface area contributed by atoms with Gasteiger partial charge < -0.3 is 9.47 Å². The summed E-state index contributed by atoms with van der Waals surface area (Å²) in [5.41, 5.74) is 0.710. The highest BCUT2D eigenvalue weighted by Gasteiger charge is 2.30. The Kier molecular flexibility index (Phi) is 5.36. The van der Waals surface area contributed by atoms with Gasteiger partial charge in [0.1, 0.15) is 0 Å². The molecule has 2 rings (SSSR count). The zero-order valence-corrected chi connectivity index (χ0v) is 12.6. The summed E-state index contributed by atoms with van der Waals surface area (Å²) < 4.78 is 11.3. The maximum absolute atomic E-state index is 11.7. The van der Waals surface area contributed by atoms with Gasteiger partial charge in [-0.2, -0.15) is 5.10 Å². The summed E-state index contributed by atoms with van der Waals surface area (Å²) in [6.07, 6.45) is 8.16. The number of rotatable bonds is 5. The topological polar surface area (TPSA) is 70.4 Å². The van der Waals surface area contributed by atoms with Crippen molar-refractivity contribution in [3.05, 3.63) is 18.0 Å². The minimum absolute atomic E-state index is 0.207. The normalized spacial score (nSPS) is 16.0. The monoisotopic (exact) mass is 294 g/mol. The molecule has 1 aromatic rings. The van der Waals surface area contributed by atoms with Gasteiger partial charge in [0.25, 0.3) is 0 Å². The van der Waals surface area contributed by atoms with Crippen molar-refractivity contribution >= 4 is 11.9 Å². The van der Waals surface area contributed by atoms with E-state index in [1.165, 1.54) is 33.5 Å². The highest BCUT2D eigenvalue weighted by atomic mass is 16.5. The van der Waals surface area contributed by atoms with Crippen molar-refractivity contribution in [1.29, 1.82) is 0 Å². The third-order valence-electron chi connectivity index (χ3n) is 4.00. The molecule has 1 aromatic heterocycles. The molecule has 1 heterocycles. The Balaban J connectivity index is 2.05. The molecule has 6 nitrogen and oxygen atoms in total. The molecule has 1 saturated carbocycles. The zero-order valence-electron chi connectivity index (χ0n) is 12.6. The minimum Gasteiger partial charge on any atom is -0.468 e. The van der Waals surface area contributed by atoms with Crippen LogP contribution < -0.4 is 0 Å². The molecule has 0 aromatic carbocycles. The molecule has 1 aliphatic carbocycles. The smallest absolute Gasteiger partial charge is 0.320 e. The van der Waals surface area contributed by atoms with E-state index in [-0.39, 0.29) is 6.42 Å². The van der Waals surface area contributed by atoms with Gasteiger partial charge in [-0.1, -0.05) is 19.3 Å². The Morgan fingerprint density at radius 1 is 1.24 bits per heavy atom. The molecule has 1 aliphatic rings. The second-order valence-corrected chi connectivity index (χ2v) is 5.38. The van der Waals surface area contributed by atoms with E-state index < -0.39 is 17.9 Å². The van der Waals surface area contributed by atoms with Crippen molar-refractivity contribution in [3.63, 3.8) is 0 Å². The first kappa shape index (κ1) is 15.5. The first-order valence-corrected chi connectivity index (χ1v) is 7.35. The van der Waals surface area contributed by atoms with Crippen LogP contribution in [0.25, 0.3) is 0 Å². The van der Waals surface area contributed by atoms with E-state index in [4.69, 9.17) is 0 Å². The lowest BCUT2D eigenvalue weighted by Crippen LogP contribution is -2.28. The van der Waals surface area contributed by atoms with E-state index in [1.807, 2.05) is 16.9 Å². The van der Waals surface area contributed by atoms with E-state index in [0.29, 0.717) is 11.7 Å². The number of hydrogen-bond acceptors (Lipinski definition) is 5. The number of esters is 2. The van der Waals surface area contributed by atoms with Gasteiger partial charge in [-0.15, -0.1) is 0 Å². The standard InChI is InChI=1S/C15H22N2O4/c1-20-14(18)13(15(19)21-2)10-11-8-9-17(16-11)12-6-4-3-5-7-12/h8-9,12-13H,3-7,10H2,1-2H3. The summed E-state index contributed by atoms with van der Waals surface area (Å²) in [6.45, 7) is 0. The van der Waals surface area contributed by atoms with Gasteiger partial charge in [0.05, 0.1) is 26.0 Å². The highest BCUT2D eigenvalue weighted by Crippen LogP contribution is 2.27. The van der Waals surface area contributed by atoms with Crippen LogP contribution in [0.3, 0.4) is 0 Å². The molecule has 21 heavy (non-hydrogen) atoms. The summed E-state index contributed by atoms with van der Waals surface area (Å²) in [5.74, 6) is -2.13. The van der Waals surface area contributed by atoms with Crippen LogP contribution in [-0.2, 0) is 25.5 Å². The lowest BCUT2D eigenvalue weighted by atomic mass is 9.96. The number of carbonyl (C=O) groups is 2. The van der Waals surface area contributed by atoms with Crippen LogP contribution >= 0.6 is 0 Å². The summed E-state index contributed by atoms with van der Waals surface area (Å²) in [4.78, 5) is 23.3. The number of nitrogens with zero attached hydrogens (tertiary/aromatic N) is 2. The van der Waals surface area contributed by atoms with Crippen molar-refractivity contribution < 1.29 is 19.1 Å². The predicted octanol–water partition coefficient (Wildman–Crippen LogP) is 1.89. The molecule has 0 aliphatic heterocycles. The SMILES string of the molecule is COC(=O)C(Cc1ccn(C2CCCCC2)n1)C(=O)OC. The number of aromatic nitrogens is 2. The summed E-state index contributed by atoms with van der Waals surface area (Å²) in [6, 6.07) is 2.29. The number of ether oxygens (including phenoxy) is 2. The first-order valence-electron chi connectivity index (χ1n) is 7.35. The third kappa shape index (κ3) is 3.83. The largest absolute Gasteiger partial charge is 0.468 e. The van der Waals surface area contributed by atoms with Gasteiger partial charge in [-0.25, -0.2) is 0 Å². The quantitative estimate of drug-likeness (QED) is 0.612. The second kappa shape index (κ2) is 7.24. The number of methoxy groups -OCH3 is 2. The molecule has 0 spiro atoms. The average Bonchev–Trinajstić information content (AvgIpc) is 3.00. The second-order valence-electron chi connectivity index (χ2n) is 5.38. The summed E-state index contributed by atoms with van der Waals surface area (Å²) in [5, 5.41) is 4.51. The van der Waals surface area contributed by atoms with E-state index in [9.17, 15) is 9.59 Å². The van der Waals surface area contributed by atoms with Crippen LogP contribution in [0.4, 0.5) is 0 Å². The highest BCUT2D eigenvalue weighted by molar-refractivity contribution is 5.95. The Morgan fingerprint density at radius 2 is 1.86 bits per heavy atom. The predicted molar refractivity (Wildman–Crippen MR) is 75.6 cm³/mol. The van der Waals surface area contributed by atoms with Crippen LogP contribution in [0, 0.1) is 5.92 Å². The van der Waals surface area contributed by atoms with E-state index >= 15 is 0 Å². The third-order valence-corrected chi connectivity index (χ3v) is 4.00. The molecule has 6 heteroatoms. The maximum Gasteiger partial charge on any atom is 0.320 e. The molecule has 0 saturated heterocycles. The van der Waals surface area contributed by atoms with Crippen molar-refractivity contribution in [2.24, 2.45) is 5.92 Å². The Hall–Kier alpha value is -1.85. The van der Waals surface area contributed by atoms with Crippen LogP contribution in [0.1, 0.15) is 43.8 Å². The molecule has 116 valence electrons. The van der Waals surface area contributed by atoms with Gasteiger partial charge in [0.2, 0.25) is 0 Å². The molecule has 1 fully saturated rings. The van der Waals surface area contributed by atoms with Crippen LogP contribution in [-0.4, -0.2) is 35.9 Å². The van der Waals surface area contributed by atoms with Gasteiger partial charge in [-0.05, 0) is 18.9 Å². The lowest BCUT2D eigenvalue weighted by molar-refractivity contribution is -0.158. The van der Waals surface area contributed by atoms with Crippen LogP contribution in [0.15, 0.2) is 12.3 Å². The Morgan fingerprint density at radius 3 is 2.43 bits per heavy atom. The van der Waals surface area contributed by atoms with Gasteiger partial charge in [0, 0.05) is 12.6 Å². The fourth-order valence-electron chi connectivity index (χ4n) is 2.79. The lowest BCUT2D eigenvalue weighted by Gasteiger charge is -2.21. The van der Waals surface area contributed by atoms with Crippen molar-refractivity contribution in [1.82, 2.24) is 9.78 Å². The molecular formula is C15H22N2O4. The molecule has 0 unspecified atom stereocenters. The first-order chi connectivity index (χ1) is 10.2. The molecule has 0 N–H and O–H groups in total. The average molecular weight is 294 g/mol. The fourth-order valence-corrected chi connectivity index (χ4v) is 2.79. The zero-order chi connectivity index (χ0) is 15.2. The molecule has 0 bridgehead atoms. The van der Waals surface area contributed by atoms with Crippen LogP contribution in [0.5, 0.6) is 0 Å². The van der Waals surface area contributed by atoms with Crippen molar-refractivity contribution in [2.45, 2.75) is 44.6 Å². The van der Waals surface area contributed by atoms with Gasteiger partial charge >= 0.3 is 11.9 Å². The summed E-state index contributed by atoms with van der Waals surface area (Å²) >= 11 is 0. The van der Waals surface area contributed by atoms with Crippen LogP contribution in [0.2, 0.25) is 0 Å². The summed E-state index contributed by atoms with van der Waals surface area (Å²) in [7, 11) is 2.53. The molecule has 0 amide bonds. The molecule has 0 radical (unpaired) electrons. The van der Waals surface area contributed by atoms with Crippen molar-refractivity contribution in [2.75, 3.05) is 14.2 Å². The Bertz CT molecular complexity index is 476. The fraction of sp³-hybridized carbons (Fsp3) is 0.667. The van der Waals surface area contributed by atoms with Gasteiger partial charge in [0.15, 0.2) is 5.92 Å². The minimum atomic E-state index is -0.949. The number of hydrogen-bond donors (Lipinski definition) is 0. The number of carbonyl (C=O) groups excluding carboxylic acids is 2. The maximum atomic E-state index is 11.7. The Labute approximate surface area is 124 Å². The molecular weight excluding hydrogens is 272 g/mol. The van der Waals surface area contributed by atoms with E-state index in [0.717, 1.165) is 12.8 Å². The van der Waals surface area contributed by atoms with E-state index in [1.54, 1.807) is 0 Å². The van der Waals surface area contributed by atoms with Gasteiger partial charge in [-0.3, -0.25) is 14.3 Å². The van der Waals surface area contributed by atoms with E-state index in [2.05, 4.69) is 14.6 Å².